The topological polar surface area (TPSA) is 36.2 Å². The Kier molecular flexibility index (Phi) is 10.2. The molecule has 0 aliphatic heterocycles. The molecule has 0 saturated heterocycles. The fourth-order valence-corrected chi connectivity index (χ4v) is 1.32. The van der Waals surface area contributed by atoms with Gasteiger partial charge in [0, 0.05) is 0 Å². The minimum Gasteiger partial charge on any atom is -0.210 e. The summed E-state index contributed by atoms with van der Waals surface area (Å²) in [6.45, 7) is 2.98. The highest BCUT2D eigenvalue weighted by Crippen LogP contribution is 2.07. The molecule has 2 heteroatoms. The van der Waals surface area contributed by atoms with Crippen molar-refractivity contribution in [1.82, 2.24) is 0 Å². The SMILES string of the molecule is CCCCCCCCCCN=N. The van der Waals surface area contributed by atoms with E-state index in [0.29, 0.717) is 0 Å². The summed E-state index contributed by atoms with van der Waals surface area (Å²) in [6, 6.07) is 0. The van der Waals surface area contributed by atoms with Crippen LogP contribution in [0.25, 0.3) is 0 Å². The lowest BCUT2D eigenvalue weighted by Crippen LogP contribution is -1.82. The Morgan fingerprint density at radius 3 is 1.83 bits per heavy atom. The molecule has 0 rings (SSSR count). The molecule has 0 saturated carbocycles. The second-order valence-electron chi connectivity index (χ2n) is 3.36. The molecule has 0 aliphatic rings. The molecule has 12 heavy (non-hydrogen) atoms. The Hall–Kier alpha value is -0.400. The quantitative estimate of drug-likeness (QED) is 0.398. The maximum absolute atomic E-state index is 6.60. The van der Waals surface area contributed by atoms with Crippen LogP contribution in [0.15, 0.2) is 5.11 Å². The van der Waals surface area contributed by atoms with E-state index >= 15 is 0 Å². The molecular weight excluding hydrogens is 148 g/mol. The van der Waals surface area contributed by atoms with Gasteiger partial charge in [-0.2, -0.15) is 5.11 Å². The van der Waals surface area contributed by atoms with Crippen molar-refractivity contribution in [3.63, 3.8) is 0 Å². The van der Waals surface area contributed by atoms with Gasteiger partial charge in [-0.1, -0.05) is 51.9 Å². The van der Waals surface area contributed by atoms with E-state index in [1.165, 1.54) is 44.9 Å². The van der Waals surface area contributed by atoms with Gasteiger partial charge in [0.2, 0.25) is 0 Å². The lowest BCUT2D eigenvalue weighted by Gasteiger charge is -1.98. The largest absolute Gasteiger partial charge is 0.210 e. The van der Waals surface area contributed by atoms with Crippen LogP contribution < -0.4 is 0 Å². The van der Waals surface area contributed by atoms with Crippen molar-refractivity contribution in [3.8, 4) is 0 Å². The van der Waals surface area contributed by atoms with E-state index < -0.39 is 0 Å². The molecule has 2 nitrogen and oxygen atoms in total. The fourth-order valence-electron chi connectivity index (χ4n) is 1.32. The van der Waals surface area contributed by atoms with Gasteiger partial charge in [-0.3, -0.25) is 0 Å². The average molecular weight is 170 g/mol. The maximum atomic E-state index is 6.60. The van der Waals surface area contributed by atoms with E-state index in [-0.39, 0.29) is 0 Å². The molecule has 0 aromatic carbocycles. The second-order valence-corrected chi connectivity index (χ2v) is 3.36. The lowest BCUT2D eigenvalue weighted by molar-refractivity contribution is 0.575. The average Bonchev–Trinajstić information content (AvgIpc) is 2.10. The van der Waals surface area contributed by atoms with Crippen molar-refractivity contribution in [1.29, 1.82) is 5.53 Å². The number of unbranched alkanes of at least 4 members (excludes halogenated alkanes) is 7. The Morgan fingerprint density at radius 1 is 0.833 bits per heavy atom. The first-order chi connectivity index (χ1) is 5.91. The van der Waals surface area contributed by atoms with Crippen molar-refractivity contribution in [2.75, 3.05) is 6.54 Å². The zero-order valence-corrected chi connectivity index (χ0v) is 8.31. The highest BCUT2D eigenvalue weighted by Gasteiger charge is 1.89. The first kappa shape index (κ1) is 11.6. The standard InChI is InChI=1S/C10H22N2/c1-2-3-4-5-6-7-8-9-10-12-11/h11H,2-10H2,1H3. The zero-order chi connectivity index (χ0) is 9.07. The van der Waals surface area contributed by atoms with Crippen LogP contribution in [0, 0.1) is 5.53 Å². The molecule has 0 unspecified atom stereocenters. The van der Waals surface area contributed by atoms with E-state index in [1.54, 1.807) is 0 Å². The summed E-state index contributed by atoms with van der Waals surface area (Å²) < 4.78 is 0. The summed E-state index contributed by atoms with van der Waals surface area (Å²) in [5.41, 5.74) is 6.60. The van der Waals surface area contributed by atoms with Gasteiger partial charge in [0.05, 0.1) is 6.54 Å². The van der Waals surface area contributed by atoms with Gasteiger partial charge in [-0.15, -0.1) is 0 Å². The van der Waals surface area contributed by atoms with Crippen LogP contribution in [0.5, 0.6) is 0 Å². The second kappa shape index (κ2) is 10.6. The Labute approximate surface area is 76.3 Å². The van der Waals surface area contributed by atoms with Crippen molar-refractivity contribution in [2.45, 2.75) is 58.3 Å². The van der Waals surface area contributed by atoms with E-state index in [1.807, 2.05) is 0 Å². The minimum atomic E-state index is 0.731. The van der Waals surface area contributed by atoms with Crippen LogP contribution in [0.1, 0.15) is 58.3 Å². The van der Waals surface area contributed by atoms with Gasteiger partial charge in [0.15, 0.2) is 0 Å². The van der Waals surface area contributed by atoms with E-state index in [0.717, 1.165) is 13.0 Å². The molecule has 0 aromatic heterocycles. The number of rotatable bonds is 9. The maximum Gasteiger partial charge on any atom is 0.0596 e. The van der Waals surface area contributed by atoms with Crippen LogP contribution in [0.2, 0.25) is 0 Å². The summed E-state index contributed by atoms with van der Waals surface area (Å²) in [5, 5.41) is 3.33. The van der Waals surface area contributed by atoms with Crippen molar-refractivity contribution >= 4 is 0 Å². The Balaban J connectivity index is 2.77. The monoisotopic (exact) mass is 170 g/mol. The fraction of sp³-hybridized carbons (Fsp3) is 1.00. The zero-order valence-electron chi connectivity index (χ0n) is 8.31. The molecule has 72 valence electrons. The van der Waals surface area contributed by atoms with E-state index in [9.17, 15) is 0 Å². The summed E-state index contributed by atoms with van der Waals surface area (Å²) in [5.74, 6) is 0. The number of hydrogen-bond acceptors (Lipinski definition) is 2. The molecule has 1 N–H and O–H groups in total. The van der Waals surface area contributed by atoms with Gasteiger partial charge >= 0.3 is 0 Å². The number of nitrogens with one attached hydrogen (secondary N) is 1. The third-order valence-electron chi connectivity index (χ3n) is 2.12. The van der Waals surface area contributed by atoms with Crippen molar-refractivity contribution < 1.29 is 0 Å². The summed E-state index contributed by atoms with van der Waals surface area (Å²) in [4.78, 5) is 0. The van der Waals surface area contributed by atoms with Gasteiger partial charge < -0.3 is 0 Å². The molecule has 0 aliphatic carbocycles. The lowest BCUT2D eigenvalue weighted by atomic mass is 10.1. The summed E-state index contributed by atoms with van der Waals surface area (Å²) >= 11 is 0. The minimum absolute atomic E-state index is 0.731. The normalized spacial score (nSPS) is 10.1. The van der Waals surface area contributed by atoms with E-state index in [4.69, 9.17) is 5.53 Å². The highest BCUT2D eigenvalue weighted by molar-refractivity contribution is 4.46. The predicted molar refractivity (Wildman–Crippen MR) is 52.6 cm³/mol. The summed E-state index contributed by atoms with van der Waals surface area (Å²) in [6.07, 6.45) is 10.6. The van der Waals surface area contributed by atoms with Crippen LogP contribution in [0.3, 0.4) is 0 Å². The van der Waals surface area contributed by atoms with Gasteiger partial charge in [0.1, 0.15) is 0 Å². The first-order valence-electron chi connectivity index (χ1n) is 5.25. The van der Waals surface area contributed by atoms with Crippen LogP contribution in [0.4, 0.5) is 0 Å². The highest BCUT2D eigenvalue weighted by atomic mass is 14.9. The molecule has 0 spiro atoms. The van der Waals surface area contributed by atoms with Gasteiger partial charge in [-0.05, 0) is 6.42 Å². The third-order valence-corrected chi connectivity index (χ3v) is 2.12. The smallest absolute Gasteiger partial charge is 0.0596 e. The van der Waals surface area contributed by atoms with Gasteiger partial charge in [-0.25, -0.2) is 5.53 Å². The molecule has 0 bridgehead atoms. The van der Waals surface area contributed by atoms with Crippen molar-refractivity contribution in [2.24, 2.45) is 5.11 Å². The molecule has 0 atom stereocenters. The molecule has 0 radical (unpaired) electrons. The first-order valence-corrected chi connectivity index (χ1v) is 5.25. The molecule has 0 aromatic rings. The van der Waals surface area contributed by atoms with E-state index in [2.05, 4.69) is 12.0 Å². The van der Waals surface area contributed by atoms with Crippen LogP contribution in [-0.2, 0) is 0 Å². The van der Waals surface area contributed by atoms with Crippen LogP contribution >= 0.6 is 0 Å². The number of nitrogens with zero attached hydrogens (tertiary/aromatic N) is 1. The third kappa shape index (κ3) is 9.60. The van der Waals surface area contributed by atoms with Gasteiger partial charge in [0.25, 0.3) is 0 Å². The molecule has 0 heterocycles. The molecule has 0 amide bonds. The Bertz CT molecular complexity index is 91.8. The summed E-state index contributed by atoms with van der Waals surface area (Å²) in [7, 11) is 0. The predicted octanol–water partition coefficient (Wildman–Crippen LogP) is 4.16. The molecular formula is C10H22N2. The number of hydrogen-bond donors (Lipinski definition) is 1. The Morgan fingerprint density at radius 2 is 1.33 bits per heavy atom. The molecule has 0 fully saturated rings. The van der Waals surface area contributed by atoms with Crippen molar-refractivity contribution in [3.05, 3.63) is 0 Å². The van der Waals surface area contributed by atoms with Crippen LogP contribution in [-0.4, -0.2) is 6.54 Å².